The Morgan fingerprint density at radius 3 is 2.32 bits per heavy atom. The minimum atomic E-state index is -0.788. The van der Waals surface area contributed by atoms with Crippen LogP contribution in [0.2, 0.25) is 0 Å². The Labute approximate surface area is 146 Å². The lowest BCUT2D eigenvalue weighted by molar-refractivity contribution is -0.146. The van der Waals surface area contributed by atoms with Crippen LogP contribution in [0.3, 0.4) is 0 Å². The van der Waals surface area contributed by atoms with Gasteiger partial charge in [0.25, 0.3) is 0 Å². The number of amides is 1. The van der Waals surface area contributed by atoms with E-state index < -0.39 is 5.97 Å². The third-order valence-electron chi connectivity index (χ3n) is 5.24. The molecule has 2 fully saturated rings. The number of carbonyl (C=O) groups excluding carboxylic acids is 1. The summed E-state index contributed by atoms with van der Waals surface area (Å²) < 4.78 is 18.8. The predicted octanol–water partition coefficient (Wildman–Crippen LogP) is 3.09. The van der Waals surface area contributed by atoms with Crippen molar-refractivity contribution in [3.05, 3.63) is 30.1 Å². The molecule has 0 spiro atoms. The Kier molecular flexibility index (Phi) is 5.56. The van der Waals surface area contributed by atoms with Crippen molar-refractivity contribution in [2.75, 3.05) is 13.1 Å². The fourth-order valence-electron chi connectivity index (χ4n) is 3.80. The summed E-state index contributed by atoms with van der Waals surface area (Å²) in [5.41, 5.74) is 0. The molecule has 1 amide bonds. The summed E-state index contributed by atoms with van der Waals surface area (Å²) in [6, 6.07) is 5.97. The Bertz CT molecular complexity index is 610. The number of carboxylic acids is 1. The van der Waals surface area contributed by atoms with Crippen molar-refractivity contribution in [3.8, 4) is 5.75 Å². The molecular weight excluding hydrogens is 325 g/mol. The van der Waals surface area contributed by atoms with Crippen molar-refractivity contribution in [3.63, 3.8) is 0 Å². The summed E-state index contributed by atoms with van der Waals surface area (Å²) >= 11 is 0. The number of likely N-dealkylation sites (tertiary alicyclic amines) is 1. The van der Waals surface area contributed by atoms with E-state index in [0.29, 0.717) is 31.7 Å². The van der Waals surface area contributed by atoms with Gasteiger partial charge >= 0.3 is 5.97 Å². The van der Waals surface area contributed by atoms with Gasteiger partial charge in [-0.3, -0.25) is 9.59 Å². The van der Waals surface area contributed by atoms with E-state index in [4.69, 9.17) is 4.74 Å². The molecule has 2 atom stereocenters. The number of aliphatic carboxylic acids is 1. The maximum Gasteiger partial charge on any atom is 0.306 e. The summed E-state index contributed by atoms with van der Waals surface area (Å²) in [4.78, 5) is 25.7. The molecule has 0 bridgehead atoms. The first-order valence-corrected chi connectivity index (χ1v) is 8.96. The first-order valence-electron chi connectivity index (χ1n) is 8.96. The number of carbonyl (C=O) groups is 2. The Hall–Kier alpha value is -2.11. The molecule has 3 rings (SSSR count). The van der Waals surface area contributed by atoms with E-state index >= 15 is 0 Å². The molecule has 1 heterocycles. The van der Waals surface area contributed by atoms with Crippen LogP contribution in [-0.4, -0.2) is 41.1 Å². The van der Waals surface area contributed by atoms with Crippen LogP contribution in [0.25, 0.3) is 0 Å². The SMILES string of the molecule is O=C(O)C1CCCC(C(=O)N2CCC(Oc3ccc(F)cc3)CC2)C1. The van der Waals surface area contributed by atoms with E-state index in [9.17, 15) is 19.1 Å². The highest BCUT2D eigenvalue weighted by Crippen LogP contribution is 2.31. The van der Waals surface area contributed by atoms with Crippen molar-refractivity contribution < 1.29 is 23.8 Å². The van der Waals surface area contributed by atoms with Gasteiger partial charge in [-0.2, -0.15) is 0 Å². The van der Waals surface area contributed by atoms with Gasteiger partial charge in [0, 0.05) is 31.8 Å². The quantitative estimate of drug-likeness (QED) is 0.907. The Morgan fingerprint density at radius 2 is 1.68 bits per heavy atom. The highest BCUT2D eigenvalue weighted by atomic mass is 19.1. The van der Waals surface area contributed by atoms with Gasteiger partial charge in [0.2, 0.25) is 5.91 Å². The topological polar surface area (TPSA) is 66.8 Å². The lowest BCUT2D eigenvalue weighted by atomic mass is 9.80. The maximum atomic E-state index is 12.9. The summed E-state index contributed by atoms with van der Waals surface area (Å²) in [6.45, 7) is 1.25. The summed E-state index contributed by atoms with van der Waals surface area (Å²) in [5, 5.41) is 9.18. The molecule has 2 unspecified atom stereocenters. The predicted molar refractivity (Wildman–Crippen MR) is 89.7 cm³/mol. The van der Waals surface area contributed by atoms with E-state index in [-0.39, 0.29) is 29.7 Å². The molecule has 0 radical (unpaired) electrons. The minimum Gasteiger partial charge on any atom is -0.490 e. The van der Waals surface area contributed by atoms with Crippen LogP contribution in [-0.2, 0) is 9.59 Å². The van der Waals surface area contributed by atoms with E-state index in [1.54, 1.807) is 12.1 Å². The standard InChI is InChI=1S/C19H24FNO4/c20-15-4-6-16(7-5-15)25-17-8-10-21(11-9-17)18(22)13-2-1-3-14(12-13)19(23)24/h4-7,13-14,17H,1-3,8-12H2,(H,23,24). The second kappa shape index (κ2) is 7.85. The molecule has 6 heteroatoms. The lowest BCUT2D eigenvalue weighted by Crippen LogP contribution is -2.45. The van der Waals surface area contributed by atoms with E-state index in [2.05, 4.69) is 0 Å². The fraction of sp³-hybridized carbons (Fsp3) is 0.579. The van der Waals surface area contributed by atoms with Crippen molar-refractivity contribution in [1.29, 1.82) is 0 Å². The number of piperidine rings is 1. The van der Waals surface area contributed by atoms with Gasteiger partial charge in [-0.1, -0.05) is 6.42 Å². The first-order chi connectivity index (χ1) is 12.0. The number of halogens is 1. The average Bonchev–Trinajstić information content (AvgIpc) is 2.64. The third kappa shape index (κ3) is 4.50. The van der Waals surface area contributed by atoms with Gasteiger partial charge in [-0.05, 0) is 43.5 Å². The summed E-state index contributed by atoms with van der Waals surface area (Å²) in [6.07, 6.45) is 4.21. The number of rotatable bonds is 4. The number of ether oxygens (including phenoxy) is 1. The van der Waals surface area contributed by atoms with Crippen LogP contribution in [0.5, 0.6) is 5.75 Å². The van der Waals surface area contributed by atoms with Crippen LogP contribution in [0.4, 0.5) is 4.39 Å². The monoisotopic (exact) mass is 349 g/mol. The summed E-state index contributed by atoms with van der Waals surface area (Å²) in [7, 11) is 0. The van der Waals surface area contributed by atoms with E-state index in [1.165, 1.54) is 12.1 Å². The molecule has 1 aromatic rings. The molecule has 0 aromatic heterocycles. The summed E-state index contributed by atoms with van der Waals surface area (Å²) in [5.74, 6) is -0.899. The number of carboxylic acid groups (broad SMARTS) is 1. The zero-order valence-electron chi connectivity index (χ0n) is 14.2. The molecule has 1 aliphatic carbocycles. The third-order valence-corrected chi connectivity index (χ3v) is 5.24. The zero-order chi connectivity index (χ0) is 17.8. The molecule has 1 aliphatic heterocycles. The number of hydrogen-bond acceptors (Lipinski definition) is 3. The van der Waals surface area contributed by atoms with Gasteiger partial charge < -0.3 is 14.7 Å². The van der Waals surface area contributed by atoms with Crippen molar-refractivity contribution in [2.24, 2.45) is 11.8 Å². The van der Waals surface area contributed by atoms with Crippen molar-refractivity contribution in [1.82, 2.24) is 4.90 Å². The molecule has 136 valence electrons. The number of nitrogens with zero attached hydrogens (tertiary/aromatic N) is 1. The smallest absolute Gasteiger partial charge is 0.306 e. The zero-order valence-corrected chi connectivity index (χ0v) is 14.2. The van der Waals surface area contributed by atoms with E-state index in [1.807, 2.05) is 4.90 Å². The second-order valence-electron chi connectivity index (χ2n) is 7.00. The van der Waals surface area contributed by atoms with Gasteiger partial charge in [0.15, 0.2) is 0 Å². The molecule has 5 nitrogen and oxygen atoms in total. The Morgan fingerprint density at radius 1 is 1.04 bits per heavy atom. The lowest BCUT2D eigenvalue weighted by Gasteiger charge is -2.36. The van der Waals surface area contributed by atoms with Crippen LogP contribution >= 0.6 is 0 Å². The minimum absolute atomic E-state index is 0.0210. The van der Waals surface area contributed by atoms with Crippen molar-refractivity contribution >= 4 is 11.9 Å². The molecule has 1 aromatic carbocycles. The van der Waals surface area contributed by atoms with Crippen LogP contribution < -0.4 is 4.74 Å². The largest absolute Gasteiger partial charge is 0.490 e. The highest BCUT2D eigenvalue weighted by molar-refractivity contribution is 5.80. The fourth-order valence-corrected chi connectivity index (χ4v) is 3.80. The Balaban J connectivity index is 1.49. The molecule has 1 saturated carbocycles. The normalized spacial score (nSPS) is 24.8. The van der Waals surface area contributed by atoms with Crippen LogP contribution in [0.15, 0.2) is 24.3 Å². The molecule has 1 N–H and O–H groups in total. The molecule has 25 heavy (non-hydrogen) atoms. The van der Waals surface area contributed by atoms with Crippen LogP contribution in [0.1, 0.15) is 38.5 Å². The average molecular weight is 349 g/mol. The first kappa shape index (κ1) is 17.7. The van der Waals surface area contributed by atoms with Gasteiger partial charge in [0.1, 0.15) is 17.7 Å². The maximum absolute atomic E-state index is 12.9. The molecular formula is C19H24FNO4. The highest BCUT2D eigenvalue weighted by Gasteiger charge is 2.34. The number of hydrogen-bond donors (Lipinski definition) is 1. The van der Waals surface area contributed by atoms with Crippen molar-refractivity contribution in [2.45, 2.75) is 44.6 Å². The molecule has 1 saturated heterocycles. The van der Waals surface area contributed by atoms with Gasteiger partial charge in [-0.15, -0.1) is 0 Å². The van der Waals surface area contributed by atoms with Gasteiger partial charge in [0.05, 0.1) is 5.92 Å². The van der Waals surface area contributed by atoms with Crippen LogP contribution in [0, 0.1) is 17.7 Å². The molecule has 2 aliphatic rings. The number of benzene rings is 1. The van der Waals surface area contributed by atoms with E-state index in [0.717, 1.165) is 25.7 Å². The van der Waals surface area contributed by atoms with Gasteiger partial charge in [-0.25, -0.2) is 4.39 Å². The second-order valence-corrected chi connectivity index (χ2v) is 7.00.